The van der Waals surface area contributed by atoms with Crippen molar-refractivity contribution in [1.29, 1.82) is 0 Å². The fraction of sp³-hybridized carbons (Fsp3) is 0.190. The minimum absolute atomic E-state index is 0.132. The summed E-state index contributed by atoms with van der Waals surface area (Å²) in [4.78, 5) is 12.4. The Morgan fingerprint density at radius 2 is 1.85 bits per heavy atom. The van der Waals surface area contributed by atoms with Gasteiger partial charge in [0, 0.05) is 0 Å². The number of ether oxygens (including phenoxy) is 1. The molecule has 0 radical (unpaired) electrons. The zero-order valence-electron chi connectivity index (χ0n) is 14.7. The average Bonchev–Trinajstić information content (AvgIpc) is 3.11. The zero-order chi connectivity index (χ0) is 18.5. The second-order valence-corrected chi connectivity index (χ2v) is 6.06. The summed E-state index contributed by atoms with van der Waals surface area (Å²) in [5.74, 6) is 0.666. The first-order valence-electron chi connectivity index (χ1n) is 8.36. The molecule has 1 N–H and O–H groups in total. The molecule has 1 amide bonds. The molecule has 5 heteroatoms. The maximum Gasteiger partial charge on any atom is 0.287 e. The third-order valence-electron chi connectivity index (χ3n) is 4.08. The standard InChI is InChI=1S/C21H20FNO3/c1-14-5-3-4-6-19(14)15(2)23-21(24)20-12-11-18(26-20)13-25-17-9-7-16(22)8-10-17/h3-12,15H,13H2,1-2H3,(H,23,24). The number of halogens is 1. The van der Waals surface area contributed by atoms with E-state index in [0.717, 1.165) is 11.1 Å². The van der Waals surface area contributed by atoms with Gasteiger partial charge >= 0.3 is 0 Å². The molecule has 134 valence electrons. The van der Waals surface area contributed by atoms with Crippen molar-refractivity contribution in [2.75, 3.05) is 0 Å². The molecule has 0 aliphatic carbocycles. The van der Waals surface area contributed by atoms with E-state index < -0.39 is 0 Å². The molecule has 4 nitrogen and oxygen atoms in total. The Labute approximate surface area is 151 Å². The van der Waals surface area contributed by atoms with Gasteiger partial charge in [0.1, 0.15) is 23.9 Å². The van der Waals surface area contributed by atoms with E-state index in [-0.39, 0.29) is 30.1 Å². The predicted octanol–water partition coefficient (Wildman–Crippen LogP) is 4.80. The predicted molar refractivity (Wildman–Crippen MR) is 96.5 cm³/mol. The zero-order valence-corrected chi connectivity index (χ0v) is 14.7. The van der Waals surface area contributed by atoms with Crippen molar-refractivity contribution in [1.82, 2.24) is 5.32 Å². The van der Waals surface area contributed by atoms with E-state index in [2.05, 4.69) is 5.32 Å². The SMILES string of the molecule is Cc1ccccc1C(C)NC(=O)c1ccc(COc2ccc(F)cc2)o1. The average molecular weight is 353 g/mol. The summed E-state index contributed by atoms with van der Waals surface area (Å²) < 4.78 is 23.9. The number of carbonyl (C=O) groups is 1. The first-order valence-corrected chi connectivity index (χ1v) is 8.36. The van der Waals surface area contributed by atoms with Gasteiger partial charge in [0.15, 0.2) is 5.76 Å². The normalized spacial score (nSPS) is 11.8. The van der Waals surface area contributed by atoms with Crippen LogP contribution in [0.4, 0.5) is 4.39 Å². The van der Waals surface area contributed by atoms with Crippen molar-refractivity contribution < 1.29 is 18.3 Å². The Hall–Kier alpha value is -3.08. The smallest absolute Gasteiger partial charge is 0.287 e. The van der Waals surface area contributed by atoms with Gasteiger partial charge in [-0.2, -0.15) is 0 Å². The summed E-state index contributed by atoms with van der Waals surface area (Å²) in [5.41, 5.74) is 2.18. The first-order chi connectivity index (χ1) is 12.5. The fourth-order valence-electron chi connectivity index (χ4n) is 2.68. The Morgan fingerprint density at radius 3 is 2.58 bits per heavy atom. The minimum Gasteiger partial charge on any atom is -0.486 e. The third kappa shape index (κ3) is 4.30. The highest BCUT2D eigenvalue weighted by Gasteiger charge is 2.16. The number of hydrogen-bond acceptors (Lipinski definition) is 3. The van der Waals surface area contributed by atoms with Crippen molar-refractivity contribution in [3.05, 3.63) is 89.1 Å². The number of benzene rings is 2. The molecular weight excluding hydrogens is 333 g/mol. The van der Waals surface area contributed by atoms with Gasteiger partial charge in [-0.15, -0.1) is 0 Å². The van der Waals surface area contributed by atoms with E-state index in [1.807, 2.05) is 38.1 Å². The highest BCUT2D eigenvalue weighted by molar-refractivity contribution is 5.91. The van der Waals surface area contributed by atoms with Gasteiger partial charge in [-0.25, -0.2) is 4.39 Å². The van der Waals surface area contributed by atoms with Crippen molar-refractivity contribution in [2.24, 2.45) is 0 Å². The molecule has 1 heterocycles. The van der Waals surface area contributed by atoms with E-state index in [4.69, 9.17) is 9.15 Å². The molecule has 0 aliphatic rings. The van der Waals surface area contributed by atoms with Crippen molar-refractivity contribution in [3.63, 3.8) is 0 Å². The molecule has 1 aromatic heterocycles. The van der Waals surface area contributed by atoms with Gasteiger partial charge < -0.3 is 14.5 Å². The lowest BCUT2D eigenvalue weighted by molar-refractivity contribution is 0.0907. The molecule has 1 unspecified atom stereocenters. The highest BCUT2D eigenvalue weighted by atomic mass is 19.1. The van der Waals surface area contributed by atoms with E-state index in [1.165, 1.54) is 24.3 Å². The van der Waals surface area contributed by atoms with Gasteiger partial charge in [0.2, 0.25) is 0 Å². The van der Waals surface area contributed by atoms with E-state index in [9.17, 15) is 9.18 Å². The van der Waals surface area contributed by atoms with E-state index >= 15 is 0 Å². The van der Waals surface area contributed by atoms with Gasteiger partial charge in [-0.3, -0.25) is 4.79 Å². The van der Waals surface area contributed by atoms with Crippen LogP contribution in [0.1, 0.15) is 40.4 Å². The Kier molecular flexibility index (Phi) is 5.37. The van der Waals surface area contributed by atoms with E-state index in [0.29, 0.717) is 11.5 Å². The molecule has 2 aromatic carbocycles. The minimum atomic E-state index is -0.322. The van der Waals surface area contributed by atoms with Crippen LogP contribution in [0.5, 0.6) is 5.75 Å². The van der Waals surface area contributed by atoms with Gasteiger partial charge in [-0.05, 0) is 61.4 Å². The number of hydrogen-bond donors (Lipinski definition) is 1. The number of amides is 1. The summed E-state index contributed by atoms with van der Waals surface area (Å²) >= 11 is 0. The number of furan rings is 1. The summed E-state index contributed by atoms with van der Waals surface area (Å²) in [5, 5.41) is 2.93. The van der Waals surface area contributed by atoms with Crippen LogP contribution in [0.15, 0.2) is 65.1 Å². The molecule has 0 fully saturated rings. The van der Waals surface area contributed by atoms with Crippen LogP contribution < -0.4 is 10.1 Å². The largest absolute Gasteiger partial charge is 0.486 e. The Bertz CT molecular complexity index is 886. The molecule has 0 aliphatic heterocycles. The quantitative estimate of drug-likeness (QED) is 0.693. The summed E-state index contributed by atoms with van der Waals surface area (Å²) in [7, 11) is 0. The lowest BCUT2D eigenvalue weighted by atomic mass is 10.0. The van der Waals surface area contributed by atoms with Crippen LogP contribution >= 0.6 is 0 Å². The van der Waals surface area contributed by atoms with Crippen molar-refractivity contribution in [3.8, 4) is 5.75 Å². The van der Waals surface area contributed by atoms with Gasteiger partial charge in [-0.1, -0.05) is 24.3 Å². The third-order valence-corrected chi connectivity index (χ3v) is 4.08. The molecule has 0 saturated carbocycles. The summed E-state index contributed by atoms with van der Waals surface area (Å²) in [6.07, 6.45) is 0. The lowest BCUT2D eigenvalue weighted by Crippen LogP contribution is -2.26. The number of rotatable bonds is 6. The molecule has 0 spiro atoms. The first kappa shape index (κ1) is 17.7. The molecular formula is C21H20FNO3. The van der Waals surface area contributed by atoms with Gasteiger partial charge in [0.25, 0.3) is 5.91 Å². The fourth-order valence-corrected chi connectivity index (χ4v) is 2.68. The number of nitrogens with one attached hydrogen (secondary N) is 1. The van der Waals surface area contributed by atoms with Crippen LogP contribution in [-0.4, -0.2) is 5.91 Å². The topological polar surface area (TPSA) is 51.5 Å². The Balaban J connectivity index is 1.59. The second kappa shape index (κ2) is 7.87. The number of aryl methyl sites for hydroxylation is 1. The second-order valence-electron chi connectivity index (χ2n) is 6.06. The van der Waals surface area contributed by atoms with Crippen LogP contribution in [0, 0.1) is 12.7 Å². The van der Waals surface area contributed by atoms with Crippen LogP contribution in [0.25, 0.3) is 0 Å². The molecule has 3 rings (SSSR count). The maximum absolute atomic E-state index is 12.9. The van der Waals surface area contributed by atoms with Crippen LogP contribution in [-0.2, 0) is 6.61 Å². The van der Waals surface area contributed by atoms with E-state index in [1.54, 1.807) is 12.1 Å². The van der Waals surface area contributed by atoms with Crippen LogP contribution in [0.3, 0.4) is 0 Å². The molecule has 0 bridgehead atoms. The lowest BCUT2D eigenvalue weighted by Gasteiger charge is -2.15. The highest BCUT2D eigenvalue weighted by Crippen LogP contribution is 2.19. The maximum atomic E-state index is 12.9. The molecule has 1 atom stereocenters. The number of carbonyl (C=O) groups excluding carboxylic acids is 1. The van der Waals surface area contributed by atoms with Gasteiger partial charge in [0.05, 0.1) is 6.04 Å². The summed E-state index contributed by atoms with van der Waals surface area (Å²) in [6, 6.07) is 16.8. The van der Waals surface area contributed by atoms with Crippen molar-refractivity contribution >= 4 is 5.91 Å². The van der Waals surface area contributed by atoms with Crippen molar-refractivity contribution in [2.45, 2.75) is 26.5 Å². The molecule has 26 heavy (non-hydrogen) atoms. The molecule has 3 aromatic rings. The van der Waals surface area contributed by atoms with Crippen LogP contribution in [0.2, 0.25) is 0 Å². The monoisotopic (exact) mass is 353 g/mol. The summed E-state index contributed by atoms with van der Waals surface area (Å²) in [6.45, 7) is 4.10. The Morgan fingerprint density at radius 1 is 1.12 bits per heavy atom. The molecule has 0 saturated heterocycles.